The van der Waals surface area contributed by atoms with Crippen LogP contribution in [-0.4, -0.2) is 57.7 Å². The molecule has 9 heteroatoms. The molecule has 0 aliphatic carbocycles. The molecule has 2 aromatic heterocycles. The standard InChI is InChI=1S/C17H20F2N6O/c1-26-12-6-2-5-11-14(12)21-17(20)25-16(11)22-15(23-25)10-4-3-7-24(8-10)9-13(18)19/h2,5-6,10,13H,3-4,7-9H2,1H3,(H2,20,21)/t10-/m1/s1. The number of fused-ring (bicyclic) bond motifs is 3. The Labute approximate surface area is 148 Å². The zero-order valence-electron chi connectivity index (χ0n) is 14.4. The molecular formula is C17H20F2N6O. The molecule has 2 N–H and O–H groups in total. The van der Waals surface area contributed by atoms with Gasteiger partial charge in [0, 0.05) is 17.8 Å². The first-order valence-corrected chi connectivity index (χ1v) is 8.56. The van der Waals surface area contributed by atoms with Crippen molar-refractivity contribution in [1.29, 1.82) is 0 Å². The maximum Gasteiger partial charge on any atom is 0.251 e. The van der Waals surface area contributed by atoms with Gasteiger partial charge in [-0.05, 0) is 31.5 Å². The number of nitrogen functional groups attached to an aromatic ring is 1. The number of para-hydroxylation sites is 1. The summed E-state index contributed by atoms with van der Waals surface area (Å²) in [6.45, 7) is 0.988. The maximum atomic E-state index is 12.7. The number of anilines is 1. The summed E-state index contributed by atoms with van der Waals surface area (Å²) in [6, 6.07) is 5.56. The van der Waals surface area contributed by atoms with E-state index in [2.05, 4.69) is 15.1 Å². The lowest BCUT2D eigenvalue weighted by atomic mass is 9.97. The van der Waals surface area contributed by atoms with Gasteiger partial charge in [-0.2, -0.15) is 4.52 Å². The van der Waals surface area contributed by atoms with Crippen LogP contribution in [0.5, 0.6) is 5.75 Å². The Hall–Kier alpha value is -2.55. The molecule has 4 rings (SSSR count). The molecule has 7 nitrogen and oxygen atoms in total. The molecule has 26 heavy (non-hydrogen) atoms. The van der Waals surface area contributed by atoms with E-state index < -0.39 is 6.43 Å². The third-order valence-corrected chi connectivity index (χ3v) is 4.79. The number of rotatable bonds is 4. The van der Waals surface area contributed by atoms with Crippen molar-refractivity contribution < 1.29 is 13.5 Å². The molecule has 1 aromatic carbocycles. The number of methoxy groups -OCH3 is 1. The number of nitrogens with zero attached hydrogens (tertiary/aromatic N) is 5. The van der Waals surface area contributed by atoms with Crippen LogP contribution in [-0.2, 0) is 0 Å². The van der Waals surface area contributed by atoms with Crippen LogP contribution in [0.2, 0.25) is 0 Å². The van der Waals surface area contributed by atoms with Gasteiger partial charge in [0.15, 0.2) is 11.5 Å². The van der Waals surface area contributed by atoms with E-state index in [1.165, 1.54) is 4.52 Å². The number of hydrogen-bond acceptors (Lipinski definition) is 6. The average Bonchev–Trinajstić information content (AvgIpc) is 3.07. The zero-order chi connectivity index (χ0) is 18.3. The second-order valence-electron chi connectivity index (χ2n) is 6.52. The van der Waals surface area contributed by atoms with Gasteiger partial charge < -0.3 is 10.5 Å². The highest BCUT2D eigenvalue weighted by molar-refractivity contribution is 5.95. The summed E-state index contributed by atoms with van der Waals surface area (Å²) in [5, 5.41) is 5.31. The van der Waals surface area contributed by atoms with E-state index in [0.717, 1.165) is 18.2 Å². The number of hydrogen-bond donors (Lipinski definition) is 1. The van der Waals surface area contributed by atoms with Crippen LogP contribution >= 0.6 is 0 Å². The molecular weight excluding hydrogens is 342 g/mol. The fraction of sp³-hybridized carbons (Fsp3) is 0.471. The molecule has 0 spiro atoms. The Morgan fingerprint density at radius 3 is 2.96 bits per heavy atom. The third-order valence-electron chi connectivity index (χ3n) is 4.79. The lowest BCUT2D eigenvalue weighted by Gasteiger charge is -2.30. The van der Waals surface area contributed by atoms with Gasteiger partial charge in [0.05, 0.1) is 13.7 Å². The van der Waals surface area contributed by atoms with E-state index >= 15 is 0 Å². The first-order valence-electron chi connectivity index (χ1n) is 8.56. The number of aromatic nitrogens is 4. The summed E-state index contributed by atoms with van der Waals surface area (Å²) in [6.07, 6.45) is -0.625. The third kappa shape index (κ3) is 2.92. The molecule has 1 atom stereocenters. The molecule has 138 valence electrons. The normalized spacial score (nSPS) is 18.8. The van der Waals surface area contributed by atoms with Crippen LogP contribution < -0.4 is 10.5 Å². The number of alkyl halides is 2. The molecule has 1 aliphatic rings. The minimum absolute atomic E-state index is 0.00228. The summed E-state index contributed by atoms with van der Waals surface area (Å²) >= 11 is 0. The predicted octanol–water partition coefficient (Wildman–Crippen LogP) is 2.31. The number of likely N-dealkylation sites (tertiary alicyclic amines) is 1. The highest BCUT2D eigenvalue weighted by atomic mass is 19.3. The summed E-state index contributed by atoms with van der Waals surface area (Å²) in [5.74, 6) is 1.45. The summed E-state index contributed by atoms with van der Waals surface area (Å²) < 4.78 is 32.3. The zero-order valence-corrected chi connectivity index (χ0v) is 14.4. The van der Waals surface area contributed by atoms with Gasteiger partial charge >= 0.3 is 0 Å². The van der Waals surface area contributed by atoms with Crippen molar-refractivity contribution in [2.75, 3.05) is 32.5 Å². The lowest BCUT2D eigenvalue weighted by Crippen LogP contribution is -2.37. The van der Waals surface area contributed by atoms with Gasteiger partial charge in [-0.1, -0.05) is 6.07 Å². The number of benzene rings is 1. The molecule has 3 aromatic rings. The molecule has 1 aliphatic heterocycles. The molecule has 0 bridgehead atoms. The fourth-order valence-corrected chi connectivity index (χ4v) is 3.61. The second-order valence-corrected chi connectivity index (χ2v) is 6.52. The van der Waals surface area contributed by atoms with E-state index in [1.807, 2.05) is 18.2 Å². The van der Waals surface area contributed by atoms with Crippen LogP contribution in [0.25, 0.3) is 16.6 Å². The Kier molecular flexibility index (Phi) is 4.31. The maximum absolute atomic E-state index is 12.7. The predicted molar refractivity (Wildman–Crippen MR) is 93.7 cm³/mol. The second kappa shape index (κ2) is 6.64. The lowest BCUT2D eigenvalue weighted by molar-refractivity contribution is 0.0731. The van der Waals surface area contributed by atoms with Crippen LogP contribution in [0.1, 0.15) is 24.6 Å². The Morgan fingerprint density at radius 1 is 1.35 bits per heavy atom. The van der Waals surface area contributed by atoms with Crippen molar-refractivity contribution in [2.45, 2.75) is 25.2 Å². The van der Waals surface area contributed by atoms with E-state index in [4.69, 9.17) is 10.5 Å². The number of halogens is 2. The fourth-order valence-electron chi connectivity index (χ4n) is 3.61. The van der Waals surface area contributed by atoms with Crippen molar-refractivity contribution in [1.82, 2.24) is 24.5 Å². The summed E-state index contributed by atoms with van der Waals surface area (Å²) in [5.41, 5.74) is 7.30. The Morgan fingerprint density at radius 2 is 2.19 bits per heavy atom. The molecule has 0 amide bonds. The van der Waals surface area contributed by atoms with Crippen LogP contribution in [0.4, 0.5) is 14.7 Å². The SMILES string of the molecule is COc1cccc2c1nc(N)n1nc([C@@H]3CCCN(CC(F)F)C3)nc21. The van der Waals surface area contributed by atoms with Gasteiger partial charge in [-0.25, -0.2) is 18.7 Å². The molecule has 3 heterocycles. The smallest absolute Gasteiger partial charge is 0.251 e. The summed E-state index contributed by atoms with van der Waals surface area (Å²) in [7, 11) is 1.58. The number of ether oxygens (including phenoxy) is 1. The highest BCUT2D eigenvalue weighted by Crippen LogP contribution is 2.30. The molecule has 0 saturated carbocycles. The highest BCUT2D eigenvalue weighted by Gasteiger charge is 2.27. The topological polar surface area (TPSA) is 81.6 Å². The van der Waals surface area contributed by atoms with Gasteiger partial charge in [-0.3, -0.25) is 4.90 Å². The monoisotopic (exact) mass is 362 g/mol. The van der Waals surface area contributed by atoms with Gasteiger partial charge in [0.2, 0.25) is 5.95 Å². The van der Waals surface area contributed by atoms with Crippen LogP contribution in [0, 0.1) is 0 Å². The molecule has 1 saturated heterocycles. The Balaban J connectivity index is 1.75. The van der Waals surface area contributed by atoms with Gasteiger partial charge in [0.1, 0.15) is 11.3 Å². The minimum atomic E-state index is -2.33. The van der Waals surface area contributed by atoms with E-state index in [1.54, 1.807) is 12.0 Å². The summed E-state index contributed by atoms with van der Waals surface area (Å²) in [4.78, 5) is 10.8. The van der Waals surface area contributed by atoms with Gasteiger partial charge in [0.25, 0.3) is 6.43 Å². The van der Waals surface area contributed by atoms with Crippen molar-refractivity contribution in [3.05, 3.63) is 24.0 Å². The largest absolute Gasteiger partial charge is 0.494 e. The van der Waals surface area contributed by atoms with Crippen molar-refractivity contribution in [3.63, 3.8) is 0 Å². The van der Waals surface area contributed by atoms with Crippen molar-refractivity contribution in [2.24, 2.45) is 0 Å². The molecule has 0 radical (unpaired) electrons. The van der Waals surface area contributed by atoms with Gasteiger partial charge in [-0.15, -0.1) is 5.10 Å². The minimum Gasteiger partial charge on any atom is -0.494 e. The first kappa shape index (κ1) is 16.9. The average molecular weight is 362 g/mol. The van der Waals surface area contributed by atoms with E-state index in [9.17, 15) is 8.78 Å². The van der Waals surface area contributed by atoms with Crippen LogP contribution in [0.3, 0.4) is 0 Å². The van der Waals surface area contributed by atoms with E-state index in [0.29, 0.717) is 35.8 Å². The van der Waals surface area contributed by atoms with E-state index in [-0.39, 0.29) is 18.4 Å². The van der Waals surface area contributed by atoms with Crippen molar-refractivity contribution >= 4 is 22.5 Å². The molecule has 0 unspecified atom stereocenters. The van der Waals surface area contributed by atoms with Crippen molar-refractivity contribution in [3.8, 4) is 5.75 Å². The number of nitrogens with two attached hydrogens (primary N) is 1. The number of piperidine rings is 1. The molecule has 1 fully saturated rings. The first-order chi connectivity index (χ1) is 12.6. The van der Waals surface area contributed by atoms with Crippen LogP contribution in [0.15, 0.2) is 18.2 Å². The Bertz CT molecular complexity index is 944. The quantitative estimate of drug-likeness (QED) is 0.767.